The zero-order valence-electron chi connectivity index (χ0n) is 18.8. The summed E-state index contributed by atoms with van der Waals surface area (Å²) >= 11 is 0. The van der Waals surface area contributed by atoms with Gasteiger partial charge >= 0.3 is 5.97 Å². The Labute approximate surface area is 203 Å². The Morgan fingerprint density at radius 2 is 1.86 bits per heavy atom. The molecule has 3 N–H and O–H groups in total. The topological polar surface area (TPSA) is 151 Å². The number of nitrogens with one attached hydrogen (secondary N) is 1. The van der Waals surface area contributed by atoms with Crippen molar-refractivity contribution in [2.45, 2.75) is 12.3 Å². The molecule has 6 rings (SSSR count). The third-order valence-electron chi connectivity index (χ3n) is 6.74. The molecule has 1 spiro atoms. The summed E-state index contributed by atoms with van der Waals surface area (Å²) in [7, 11) is 0. The minimum absolute atomic E-state index is 0.0179. The van der Waals surface area contributed by atoms with Gasteiger partial charge in [0.1, 0.15) is 16.7 Å². The summed E-state index contributed by atoms with van der Waals surface area (Å²) in [6.45, 7) is 1.53. The second-order valence-corrected chi connectivity index (χ2v) is 8.50. The highest BCUT2D eigenvalue weighted by Gasteiger charge is 2.63. The maximum Gasteiger partial charge on any atom is 0.341 e. The number of non-ortho nitro benzene ring substituents is 1. The number of fused-ring (bicyclic) bond motifs is 4. The van der Waals surface area contributed by atoms with Gasteiger partial charge in [-0.25, -0.2) is 4.79 Å². The number of amides is 1. The van der Waals surface area contributed by atoms with Crippen molar-refractivity contribution in [2.24, 2.45) is 5.73 Å². The van der Waals surface area contributed by atoms with Crippen LogP contribution in [0.3, 0.4) is 0 Å². The third kappa shape index (κ3) is 2.52. The summed E-state index contributed by atoms with van der Waals surface area (Å²) in [6.07, 6.45) is 0. The van der Waals surface area contributed by atoms with Gasteiger partial charge in [-0.3, -0.25) is 19.7 Å². The molecule has 1 atom stereocenters. The summed E-state index contributed by atoms with van der Waals surface area (Å²) in [5, 5.41) is 15.7. The van der Waals surface area contributed by atoms with Crippen LogP contribution >= 0.6 is 0 Å². The van der Waals surface area contributed by atoms with Gasteiger partial charge in [0.15, 0.2) is 5.78 Å². The standard InChI is InChI=1S/C26H17N3O7/c1-2-35-24(31)20-23(27)36-22-15-8-4-6-12-5-3-7-14(18(12)15)21(30)19(22)26(20)16-11-13(29(33)34)9-10-17(16)28-25(26)32/h3-11H,2,27H2,1H3,(H,28,32). The van der Waals surface area contributed by atoms with Crippen LogP contribution in [0.4, 0.5) is 11.4 Å². The highest BCUT2D eigenvalue weighted by molar-refractivity contribution is 6.32. The fraction of sp³-hybridized carbons (Fsp3) is 0.115. The molecule has 178 valence electrons. The molecule has 2 heterocycles. The number of nitro benzene ring substituents is 1. The van der Waals surface area contributed by atoms with Gasteiger partial charge in [0.25, 0.3) is 5.69 Å². The molecule has 0 aromatic heterocycles. The van der Waals surface area contributed by atoms with E-state index >= 15 is 0 Å². The average molecular weight is 483 g/mol. The van der Waals surface area contributed by atoms with Crippen LogP contribution in [0.25, 0.3) is 16.5 Å². The Morgan fingerprint density at radius 1 is 1.14 bits per heavy atom. The molecule has 10 nitrogen and oxygen atoms in total. The maximum absolute atomic E-state index is 14.1. The Kier molecular flexibility index (Phi) is 4.34. The van der Waals surface area contributed by atoms with Crippen molar-refractivity contribution in [2.75, 3.05) is 11.9 Å². The first-order valence-electron chi connectivity index (χ1n) is 11.1. The van der Waals surface area contributed by atoms with E-state index in [-0.39, 0.29) is 34.9 Å². The van der Waals surface area contributed by atoms with Crippen LogP contribution in [0.5, 0.6) is 0 Å². The molecule has 0 fully saturated rings. The van der Waals surface area contributed by atoms with E-state index in [1.54, 1.807) is 31.2 Å². The van der Waals surface area contributed by atoms with Crippen LogP contribution in [-0.2, 0) is 24.5 Å². The molecule has 1 unspecified atom stereocenters. The molecule has 3 aromatic rings. The van der Waals surface area contributed by atoms with Crippen molar-refractivity contribution in [1.29, 1.82) is 0 Å². The van der Waals surface area contributed by atoms with Crippen LogP contribution in [0.15, 0.2) is 71.6 Å². The van der Waals surface area contributed by atoms with Crippen molar-refractivity contribution in [3.63, 3.8) is 0 Å². The highest BCUT2D eigenvalue weighted by Crippen LogP contribution is 2.57. The lowest BCUT2D eigenvalue weighted by atomic mass is 9.64. The number of hydrogen-bond donors (Lipinski definition) is 2. The number of benzene rings is 3. The first kappa shape index (κ1) is 21.5. The third-order valence-corrected chi connectivity index (χ3v) is 6.74. The molecule has 0 bridgehead atoms. The first-order valence-corrected chi connectivity index (χ1v) is 11.1. The number of anilines is 1. The Morgan fingerprint density at radius 3 is 2.56 bits per heavy atom. The van der Waals surface area contributed by atoms with Crippen LogP contribution in [0.2, 0.25) is 0 Å². The number of carbonyl (C=O) groups is 3. The molecule has 1 aliphatic carbocycles. The first-order chi connectivity index (χ1) is 17.3. The van der Waals surface area contributed by atoms with Crippen molar-refractivity contribution < 1.29 is 28.8 Å². The molecule has 0 radical (unpaired) electrons. The fourth-order valence-electron chi connectivity index (χ4n) is 5.37. The quantitative estimate of drug-likeness (QED) is 0.327. The number of ketones is 1. The van der Waals surface area contributed by atoms with E-state index in [1.165, 1.54) is 18.2 Å². The van der Waals surface area contributed by atoms with E-state index < -0.39 is 39.5 Å². The number of carbonyl (C=O) groups excluding carboxylic acids is 3. The molecule has 0 saturated carbocycles. The van der Waals surface area contributed by atoms with Crippen molar-refractivity contribution in [1.82, 2.24) is 0 Å². The number of nitro groups is 1. The van der Waals surface area contributed by atoms with Crippen LogP contribution in [0.1, 0.15) is 28.4 Å². The monoisotopic (exact) mass is 483 g/mol. The number of ether oxygens (including phenoxy) is 2. The van der Waals surface area contributed by atoms with Crippen molar-refractivity contribution in [3.05, 3.63) is 98.4 Å². The van der Waals surface area contributed by atoms with E-state index in [9.17, 15) is 24.5 Å². The Hall–Kier alpha value is -4.99. The molecule has 36 heavy (non-hydrogen) atoms. The number of Topliss-reactive ketones (excluding diaryl/α,β-unsaturated/α-hetero) is 1. The molecule has 3 aromatic carbocycles. The number of nitrogens with zero attached hydrogens (tertiary/aromatic N) is 1. The SMILES string of the molecule is CCOC(=O)C1=C(N)OC2=C(C(=O)c3cccc4cccc2c34)C12C(=O)Nc1ccc([N+](=O)[O-])cc12. The van der Waals surface area contributed by atoms with Gasteiger partial charge in [-0.2, -0.15) is 0 Å². The predicted molar refractivity (Wildman–Crippen MR) is 128 cm³/mol. The average Bonchev–Trinajstić information content (AvgIpc) is 3.13. The lowest BCUT2D eigenvalue weighted by Crippen LogP contribution is -2.48. The maximum atomic E-state index is 14.1. The summed E-state index contributed by atoms with van der Waals surface area (Å²) in [6, 6.07) is 14.3. The largest absolute Gasteiger partial charge is 0.462 e. The van der Waals surface area contributed by atoms with Crippen molar-refractivity contribution >= 4 is 45.6 Å². The fourth-order valence-corrected chi connectivity index (χ4v) is 5.37. The predicted octanol–water partition coefficient (Wildman–Crippen LogP) is 3.31. The van der Waals surface area contributed by atoms with E-state index in [1.807, 2.05) is 12.1 Å². The molecule has 1 amide bonds. The lowest BCUT2D eigenvalue weighted by molar-refractivity contribution is -0.384. The van der Waals surface area contributed by atoms with E-state index in [0.29, 0.717) is 16.5 Å². The van der Waals surface area contributed by atoms with Gasteiger partial charge in [-0.05, 0) is 18.4 Å². The van der Waals surface area contributed by atoms with Gasteiger partial charge in [0.2, 0.25) is 11.8 Å². The van der Waals surface area contributed by atoms with Crippen molar-refractivity contribution in [3.8, 4) is 0 Å². The minimum Gasteiger partial charge on any atom is -0.462 e. The van der Waals surface area contributed by atoms with Gasteiger partial charge in [0.05, 0.1) is 17.1 Å². The van der Waals surface area contributed by atoms with Gasteiger partial charge < -0.3 is 20.5 Å². The normalized spacial score (nSPS) is 19.7. The second-order valence-electron chi connectivity index (χ2n) is 8.50. The second kappa shape index (κ2) is 7.25. The number of nitrogens with two attached hydrogens (primary N) is 1. The van der Waals surface area contributed by atoms with Gasteiger partial charge in [-0.15, -0.1) is 0 Å². The Bertz CT molecular complexity index is 1650. The zero-order chi connectivity index (χ0) is 25.4. The summed E-state index contributed by atoms with van der Waals surface area (Å²) in [4.78, 5) is 52.3. The van der Waals surface area contributed by atoms with Crippen LogP contribution in [-0.4, -0.2) is 29.2 Å². The summed E-state index contributed by atoms with van der Waals surface area (Å²) < 4.78 is 11.1. The number of hydrogen-bond acceptors (Lipinski definition) is 8. The summed E-state index contributed by atoms with van der Waals surface area (Å²) in [5.41, 5.74) is 4.34. The highest BCUT2D eigenvalue weighted by atomic mass is 16.6. The Balaban J connectivity index is 1.77. The molecular formula is C26H17N3O7. The molecule has 10 heteroatoms. The molecular weight excluding hydrogens is 466 g/mol. The van der Waals surface area contributed by atoms with E-state index in [0.717, 1.165) is 5.39 Å². The lowest BCUT2D eigenvalue weighted by Gasteiger charge is -2.38. The molecule has 0 saturated heterocycles. The van der Waals surface area contributed by atoms with Crippen LogP contribution < -0.4 is 11.1 Å². The summed E-state index contributed by atoms with van der Waals surface area (Å²) in [5.74, 6) is -2.70. The minimum atomic E-state index is -2.13. The van der Waals surface area contributed by atoms with Crippen LogP contribution in [0, 0.1) is 10.1 Å². The molecule has 2 aliphatic heterocycles. The number of rotatable bonds is 3. The van der Waals surface area contributed by atoms with Gasteiger partial charge in [-0.1, -0.05) is 36.4 Å². The zero-order valence-corrected chi connectivity index (χ0v) is 18.8. The smallest absolute Gasteiger partial charge is 0.341 e. The van der Waals surface area contributed by atoms with E-state index in [2.05, 4.69) is 5.32 Å². The molecule has 3 aliphatic rings. The van der Waals surface area contributed by atoms with E-state index in [4.69, 9.17) is 15.2 Å². The number of esters is 1. The van der Waals surface area contributed by atoms with Gasteiger partial charge in [0, 0.05) is 39.9 Å².